The van der Waals surface area contributed by atoms with Crippen LogP contribution in [0, 0.1) is 0 Å². The number of hydrogen-bond donors (Lipinski definition) is 2. The Balaban J connectivity index is 1.50. The predicted molar refractivity (Wildman–Crippen MR) is 81.5 cm³/mol. The lowest BCUT2D eigenvalue weighted by Crippen LogP contribution is -2.39. The average molecular weight is 274 g/mol. The van der Waals surface area contributed by atoms with Gasteiger partial charge >= 0.3 is 0 Å². The van der Waals surface area contributed by atoms with Crippen LogP contribution in [0.25, 0.3) is 0 Å². The van der Waals surface area contributed by atoms with E-state index in [9.17, 15) is 5.11 Å². The maximum Gasteiger partial charge on any atom is 0.0832 e. The molecule has 2 fully saturated rings. The molecule has 1 aliphatic carbocycles. The molecule has 0 spiro atoms. The van der Waals surface area contributed by atoms with Crippen LogP contribution in [0.2, 0.25) is 0 Å². The van der Waals surface area contributed by atoms with Gasteiger partial charge in [-0.25, -0.2) is 0 Å². The molecule has 3 heteroatoms. The number of nitrogens with zero attached hydrogens (tertiary/aromatic N) is 1. The average Bonchev–Trinajstić information content (AvgIpc) is 2.88. The Hall–Kier alpha value is -0.900. The number of nitrogens with one attached hydrogen (secondary N) is 1. The van der Waals surface area contributed by atoms with E-state index in [0.29, 0.717) is 6.04 Å². The lowest BCUT2D eigenvalue weighted by Gasteiger charge is -2.30. The van der Waals surface area contributed by atoms with Gasteiger partial charge in [-0.3, -0.25) is 4.90 Å². The van der Waals surface area contributed by atoms with E-state index in [0.717, 1.165) is 19.6 Å². The first kappa shape index (κ1) is 14.1. The fourth-order valence-corrected chi connectivity index (χ4v) is 3.61. The van der Waals surface area contributed by atoms with Crippen LogP contribution in [-0.4, -0.2) is 41.3 Å². The van der Waals surface area contributed by atoms with Gasteiger partial charge < -0.3 is 10.4 Å². The van der Waals surface area contributed by atoms with Crippen molar-refractivity contribution in [3.8, 4) is 0 Å². The Bertz CT molecular complexity index is 403. The smallest absolute Gasteiger partial charge is 0.0832 e. The second kappa shape index (κ2) is 6.70. The first-order valence-corrected chi connectivity index (χ1v) is 8.02. The van der Waals surface area contributed by atoms with Crippen LogP contribution >= 0.6 is 0 Å². The van der Waals surface area contributed by atoms with Crippen molar-refractivity contribution in [3.05, 3.63) is 35.9 Å². The molecule has 1 heterocycles. The van der Waals surface area contributed by atoms with Gasteiger partial charge in [0, 0.05) is 31.7 Å². The molecule has 0 bridgehead atoms. The third-order valence-electron chi connectivity index (χ3n) is 4.82. The van der Waals surface area contributed by atoms with Gasteiger partial charge in [0.15, 0.2) is 0 Å². The summed E-state index contributed by atoms with van der Waals surface area (Å²) in [6.45, 7) is 2.69. The van der Waals surface area contributed by atoms with Crippen LogP contribution in [0.4, 0.5) is 0 Å². The second-order valence-electron chi connectivity index (χ2n) is 6.29. The summed E-state index contributed by atoms with van der Waals surface area (Å²) in [6, 6.07) is 11.4. The van der Waals surface area contributed by atoms with E-state index in [-0.39, 0.29) is 12.1 Å². The number of β-amino-alcohol motifs (C(OH)–C–C–N with tert-alkyl or cyclic N) is 1. The Labute approximate surface area is 122 Å². The van der Waals surface area contributed by atoms with Crippen molar-refractivity contribution in [2.24, 2.45) is 0 Å². The SMILES string of the molecule is O[C@@H]1CN(C2CCCCC2)C[C@@H]1NCc1ccccc1. The molecule has 0 amide bonds. The highest BCUT2D eigenvalue weighted by Crippen LogP contribution is 2.25. The molecule has 0 unspecified atom stereocenters. The Morgan fingerprint density at radius 2 is 1.80 bits per heavy atom. The highest BCUT2D eigenvalue weighted by molar-refractivity contribution is 5.14. The fraction of sp³-hybridized carbons (Fsp3) is 0.647. The lowest BCUT2D eigenvalue weighted by molar-refractivity contribution is 0.135. The van der Waals surface area contributed by atoms with Crippen LogP contribution in [0.3, 0.4) is 0 Å². The Morgan fingerprint density at radius 3 is 2.55 bits per heavy atom. The molecule has 1 saturated carbocycles. The summed E-state index contributed by atoms with van der Waals surface area (Å²) in [5.41, 5.74) is 1.29. The van der Waals surface area contributed by atoms with Crippen molar-refractivity contribution in [3.63, 3.8) is 0 Å². The van der Waals surface area contributed by atoms with Crippen molar-refractivity contribution in [1.29, 1.82) is 0 Å². The van der Waals surface area contributed by atoms with Crippen molar-refractivity contribution >= 4 is 0 Å². The lowest BCUT2D eigenvalue weighted by atomic mass is 9.94. The molecule has 1 saturated heterocycles. The molecule has 2 aliphatic rings. The normalized spacial score (nSPS) is 28.9. The van der Waals surface area contributed by atoms with E-state index in [1.54, 1.807) is 0 Å². The summed E-state index contributed by atoms with van der Waals surface area (Å²) in [6.07, 6.45) is 6.53. The second-order valence-corrected chi connectivity index (χ2v) is 6.29. The van der Waals surface area contributed by atoms with Crippen LogP contribution in [0.15, 0.2) is 30.3 Å². The molecule has 1 aromatic rings. The number of aliphatic hydroxyl groups excluding tert-OH is 1. The fourth-order valence-electron chi connectivity index (χ4n) is 3.61. The molecule has 2 N–H and O–H groups in total. The molecule has 20 heavy (non-hydrogen) atoms. The van der Waals surface area contributed by atoms with Gasteiger partial charge in [-0.1, -0.05) is 49.6 Å². The quantitative estimate of drug-likeness (QED) is 0.883. The predicted octanol–water partition coefficient (Wildman–Crippen LogP) is 2.15. The van der Waals surface area contributed by atoms with Crippen molar-refractivity contribution in [2.75, 3.05) is 13.1 Å². The van der Waals surface area contributed by atoms with Gasteiger partial charge in [-0.05, 0) is 18.4 Å². The molecular formula is C17H26N2O. The highest BCUT2D eigenvalue weighted by Gasteiger charge is 2.34. The summed E-state index contributed by atoms with van der Waals surface area (Å²) < 4.78 is 0. The molecule has 3 nitrogen and oxygen atoms in total. The topological polar surface area (TPSA) is 35.5 Å². The van der Waals surface area contributed by atoms with Crippen molar-refractivity contribution in [1.82, 2.24) is 10.2 Å². The maximum atomic E-state index is 10.3. The number of likely N-dealkylation sites (tertiary alicyclic amines) is 1. The summed E-state index contributed by atoms with van der Waals surface area (Å²) in [5.74, 6) is 0. The van der Waals surface area contributed by atoms with E-state index < -0.39 is 0 Å². The third-order valence-corrected chi connectivity index (χ3v) is 4.82. The minimum Gasteiger partial charge on any atom is -0.390 e. The first-order chi connectivity index (χ1) is 9.83. The highest BCUT2D eigenvalue weighted by atomic mass is 16.3. The number of hydrogen-bond acceptors (Lipinski definition) is 3. The summed E-state index contributed by atoms with van der Waals surface area (Å²) >= 11 is 0. The molecule has 110 valence electrons. The summed E-state index contributed by atoms with van der Waals surface area (Å²) in [7, 11) is 0. The molecule has 3 rings (SSSR count). The largest absolute Gasteiger partial charge is 0.390 e. The molecule has 2 atom stereocenters. The van der Waals surface area contributed by atoms with Gasteiger partial charge in [0.25, 0.3) is 0 Å². The van der Waals surface area contributed by atoms with Gasteiger partial charge in [0.2, 0.25) is 0 Å². The molecule has 1 aromatic carbocycles. The summed E-state index contributed by atoms with van der Waals surface area (Å²) in [4.78, 5) is 2.51. The zero-order valence-corrected chi connectivity index (χ0v) is 12.2. The van der Waals surface area contributed by atoms with E-state index in [1.807, 2.05) is 6.07 Å². The van der Waals surface area contributed by atoms with Gasteiger partial charge in [-0.2, -0.15) is 0 Å². The van der Waals surface area contributed by atoms with Gasteiger partial charge in [0.1, 0.15) is 0 Å². The molecule has 1 aliphatic heterocycles. The van der Waals surface area contributed by atoms with E-state index in [2.05, 4.69) is 34.5 Å². The molecular weight excluding hydrogens is 248 g/mol. The molecule has 0 radical (unpaired) electrons. The van der Waals surface area contributed by atoms with E-state index in [4.69, 9.17) is 0 Å². The first-order valence-electron chi connectivity index (χ1n) is 8.02. The third kappa shape index (κ3) is 3.40. The zero-order valence-electron chi connectivity index (χ0n) is 12.2. The van der Waals surface area contributed by atoms with Gasteiger partial charge in [-0.15, -0.1) is 0 Å². The standard InChI is InChI=1S/C17H26N2O/c20-17-13-19(15-9-5-2-6-10-15)12-16(17)18-11-14-7-3-1-4-8-14/h1,3-4,7-8,15-18,20H,2,5-6,9-13H2/t16-,17+/m0/s1. The van der Waals surface area contributed by atoms with Crippen LogP contribution in [-0.2, 0) is 6.54 Å². The van der Waals surface area contributed by atoms with Crippen molar-refractivity contribution in [2.45, 2.75) is 56.8 Å². The van der Waals surface area contributed by atoms with Crippen LogP contribution in [0.1, 0.15) is 37.7 Å². The Kier molecular flexibility index (Phi) is 4.71. The number of benzene rings is 1. The van der Waals surface area contributed by atoms with Crippen LogP contribution < -0.4 is 5.32 Å². The van der Waals surface area contributed by atoms with E-state index >= 15 is 0 Å². The zero-order chi connectivity index (χ0) is 13.8. The van der Waals surface area contributed by atoms with E-state index in [1.165, 1.54) is 37.7 Å². The van der Waals surface area contributed by atoms with Gasteiger partial charge in [0.05, 0.1) is 6.10 Å². The maximum absolute atomic E-state index is 10.3. The summed E-state index contributed by atoms with van der Waals surface area (Å²) in [5, 5.41) is 13.8. The van der Waals surface area contributed by atoms with Crippen molar-refractivity contribution < 1.29 is 5.11 Å². The number of rotatable bonds is 4. The minimum absolute atomic E-state index is 0.220. The molecule has 0 aromatic heterocycles. The number of aliphatic hydroxyl groups is 1. The Morgan fingerprint density at radius 1 is 1.05 bits per heavy atom. The monoisotopic (exact) mass is 274 g/mol. The van der Waals surface area contributed by atoms with Crippen LogP contribution in [0.5, 0.6) is 0 Å². The minimum atomic E-state index is -0.222.